The van der Waals surface area contributed by atoms with Gasteiger partial charge in [-0.3, -0.25) is 19.8 Å². The number of unbranched alkanes of at least 4 members (excludes halogenated alkanes) is 2. The van der Waals surface area contributed by atoms with E-state index in [4.69, 9.17) is 15.9 Å². The molecule has 4 amide bonds. The van der Waals surface area contributed by atoms with Crippen LogP contribution in [0.15, 0.2) is 47.9 Å². The van der Waals surface area contributed by atoms with Crippen molar-refractivity contribution in [2.75, 3.05) is 32.8 Å². The number of ether oxygens (including phenoxy) is 1. The summed E-state index contributed by atoms with van der Waals surface area (Å²) in [6.45, 7) is 4.56. The van der Waals surface area contributed by atoms with Crippen molar-refractivity contribution < 1.29 is 33.8 Å². The van der Waals surface area contributed by atoms with Crippen molar-refractivity contribution >= 4 is 47.7 Å². The van der Waals surface area contributed by atoms with Gasteiger partial charge in [-0.25, -0.2) is 13.9 Å². The van der Waals surface area contributed by atoms with Crippen LogP contribution in [0.3, 0.4) is 0 Å². The van der Waals surface area contributed by atoms with Crippen molar-refractivity contribution in [3.63, 3.8) is 0 Å². The highest BCUT2D eigenvalue weighted by Gasteiger charge is 2.34. The summed E-state index contributed by atoms with van der Waals surface area (Å²) < 4.78 is 6.78. The Labute approximate surface area is 273 Å². The smallest absolute Gasteiger partial charge is 0.407 e. The standard InChI is InChI=1S/C30H46N8O7S/c1-2-19-45-30(44)34-17-8-6-13-22(36-25(39)15-7-9-16-33-29(31)32)26(40)35-20-23(28(42)43)37-27(41)24-14-10-18-38(24)46-21-11-4-3-5-12-21/h2-5,11-12,22-24H,1,6-10,13-20H2,(H,34,44)(H,35,40)(H,36,39)(H,37,41)(H,42,43)(H4,31,32,33). The van der Waals surface area contributed by atoms with Gasteiger partial charge in [0.15, 0.2) is 5.96 Å². The van der Waals surface area contributed by atoms with Gasteiger partial charge < -0.3 is 42.2 Å². The van der Waals surface area contributed by atoms with E-state index >= 15 is 0 Å². The van der Waals surface area contributed by atoms with Crippen molar-refractivity contribution in [3.05, 3.63) is 43.0 Å². The van der Waals surface area contributed by atoms with Crippen LogP contribution in [0, 0.1) is 5.41 Å². The van der Waals surface area contributed by atoms with Crippen LogP contribution in [-0.4, -0.2) is 96.1 Å². The first-order chi connectivity index (χ1) is 22.1. The van der Waals surface area contributed by atoms with Gasteiger partial charge in [-0.1, -0.05) is 30.9 Å². The molecular weight excluding hydrogens is 616 g/mol. The number of nitrogens with one attached hydrogen (secondary N) is 6. The Kier molecular flexibility index (Phi) is 17.6. The zero-order valence-corrected chi connectivity index (χ0v) is 26.7. The number of hydrogen-bond acceptors (Lipinski definition) is 9. The summed E-state index contributed by atoms with van der Waals surface area (Å²) in [5.41, 5.74) is 5.25. The molecule has 0 spiro atoms. The molecule has 3 atom stereocenters. The van der Waals surface area contributed by atoms with Crippen LogP contribution in [0.25, 0.3) is 0 Å². The van der Waals surface area contributed by atoms with E-state index in [0.29, 0.717) is 45.2 Å². The minimum atomic E-state index is -1.38. The Balaban J connectivity index is 1.93. The highest BCUT2D eigenvalue weighted by Crippen LogP contribution is 2.31. The molecule has 0 aromatic heterocycles. The van der Waals surface area contributed by atoms with E-state index in [-0.39, 0.29) is 44.4 Å². The second-order valence-corrected chi connectivity index (χ2v) is 11.7. The molecule has 0 aliphatic carbocycles. The van der Waals surface area contributed by atoms with E-state index in [1.54, 1.807) is 0 Å². The zero-order chi connectivity index (χ0) is 33.7. The highest BCUT2D eigenvalue weighted by atomic mass is 32.2. The van der Waals surface area contributed by atoms with Crippen LogP contribution in [0.4, 0.5) is 4.79 Å². The van der Waals surface area contributed by atoms with E-state index in [9.17, 15) is 29.1 Å². The molecule has 15 nitrogen and oxygen atoms in total. The fourth-order valence-corrected chi connectivity index (χ4v) is 5.64. The number of carbonyl (C=O) groups excluding carboxylic acids is 4. The topological polar surface area (TPSA) is 228 Å². The van der Waals surface area contributed by atoms with Gasteiger partial charge in [0.05, 0.1) is 6.04 Å². The van der Waals surface area contributed by atoms with E-state index in [1.807, 2.05) is 34.6 Å². The molecule has 46 heavy (non-hydrogen) atoms. The third-order valence-electron chi connectivity index (χ3n) is 6.89. The summed E-state index contributed by atoms with van der Waals surface area (Å²) in [4.78, 5) is 63.5. The molecule has 0 radical (unpaired) electrons. The molecule has 9 N–H and O–H groups in total. The van der Waals surface area contributed by atoms with Gasteiger partial charge in [-0.2, -0.15) is 0 Å². The Hall–Kier alpha value is -4.31. The second kappa shape index (κ2) is 21.4. The lowest BCUT2D eigenvalue weighted by molar-refractivity contribution is -0.142. The number of rotatable bonds is 21. The quantitative estimate of drug-likeness (QED) is 0.0305. The number of carbonyl (C=O) groups is 5. The Bertz CT molecular complexity index is 1170. The number of alkyl carbamates (subject to hydrolysis) is 1. The van der Waals surface area contributed by atoms with Crippen molar-refractivity contribution in [2.45, 2.75) is 74.4 Å². The molecule has 0 saturated carbocycles. The lowest BCUT2D eigenvalue weighted by Gasteiger charge is -2.25. The molecule has 1 fully saturated rings. The number of nitrogens with zero attached hydrogens (tertiary/aromatic N) is 1. The predicted molar refractivity (Wildman–Crippen MR) is 174 cm³/mol. The maximum atomic E-state index is 13.2. The van der Waals surface area contributed by atoms with Gasteiger partial charge in [-0.05, 0) is 69.0 Å². The minimum Gasteiger partial charge on any atom is -0.480 e. The van der Waals surface area contributed by atoms with E-state index < -0.39 is 42.0 Å². The van der Waals surface area contributed by atoms with Crippen molar-refractivity contribution in [3.8, 4) is 0 Å². The summed E-state index contributed by atoms with van der Waals surface area (Å²) in [5.74, 6) is -2.86. The average Bonchev–Trinajstić information content (AvgIpc) is 3.49. The van der Waals surface area contributed by atoms with Gasteiger partial charge in [0.25, 0.3) is 0 Å². The number of carboxylic acids is 1. The summed E-state index contributed by atoms with van der Waals surface area (Å²) in [6, 6.07) is 6.70. The summed E-state index contributed by atoms with van der Waals surface area (Å²) in [6.07, 6.45) is 4.59. The number of carboxylic acid groups (broad SMARTS) is 1. The molecular formula is C30H46N8O7S. The Morgan fingerprint density at radius 2 is 1.76 bits per heavy atom. The fourth-order valence-electron chi connectivity index (χ4n) is 4.54. The van der Waals surface area contributed by atoms with Gasteiger partial charge in [-0.15, -0.1) is 0 Å². The number of guanidine groups is 1. The summed E-state index contributed by atoms with van der Waals surface area (Å²) in [7, 11) is 0. The van der Waals surface area contributed by atoms with Gasteiger partial charge in [0, 0.05) is 37.5 Å². The molecule has 1 aliphatic rings. The number of amides is 4. The first kappa shape index (κ1) is 37.9. The van der Waals surface area contributed by atoms with Crippen LogP contribution in [0.1, 0.15) is 51.4 Å². The average molecular weight is 663 g/mol. The first-order valence-electron chi connectivity index (χ1n) is 15.3. The maximum Gasteiger partial charge on any atom is 0.407 e. The maximum absolute atomic E-state index is 13.2. The lowest BCUT2D eigenvalue weighted by Crippen LogP contribution is -2.55. The summed E-state index contributed by atoms with van der Waals surface area (Å²) in [5, 5.41) is 30.1. The molecule has 1 heterocycles. The molecule has 1 aromatic rings. The second-order valence-electron chi connectivity index (χ2n) is 10.6. The van der Waals surface area contributed by atoms with E-state index in [2.05, 4.69) is 33.2 Å². The van der Waals surface area contributed by atoms with Gasteiger partial charge >= 0.3 is 12.1 Å². The number of benzene rings is 1. The number of aliphatic carboxylic acids is 1. The van der Waals surface area contributed by atoms with Crippen LogP contribution in [0.2, 0.25) is 0 Å². The Morgan fingerprint density at radius 3 is 2.46 bits per heavy atom. The van der Waals surface area contributed by atoms with E-state index in [1.165, 1.54) is 18.0 Å². The van der Waals surface area contributed by atoms with Crippen molar-refractivity contribution in [1.29, 1.82) is 5.41 Å². The highest BCUT2D eigenvalue weighted by molar-refractivity contribution is 7.97. The third kappa shape index (κ3) is 15.1. The van der Waals surface area contributed by atoms with Crippen LogP contribution >= 0.6 is 11.9 Å². The normalized spacial score (nSPS) is 15.5. The van der Waals surface area contributed by atoms with Crippen molar-refractivity contribution in [1.82, 2.24) is 30.9 Å². The summed E-state index contributed by atoms with van der Waals surface area (Å²) >= 11 is 1.44. The minimum absolute atomic E-state index is 0.0777. The molecule has 1 aliphatic heterocycles. The molecule has 1 aromatic carbocycles. The van der Waals surface area contributed by atoms with Gasteiger partial charge in [0.1, 0.15) is 18.7 Å². The SMILES string of the molecule is C=CCOC(=O)NCCCCC(NC(=O)CCCCNC(=N)N)C(=O)NCC(NC(=O)C1CCCN1Sc1ccccc1)C(=O)O. The fraction of sp³-hybridized carbons (Fsp3) is 0.533. The molecule has 254 valence electrons. The van der Waals surface area contributed by atoms with Gasteiger partial charge in [0.2, 0.25) is 17.7 Å². The van der Waals surface area contributed by atoms with Crippen LogP contribution < -0.4 is 32.3 Å². The first-order valence-corrected chi connectivity index (χ1v) is 16.1. The molecule has 2 rings (SSSR count). The third-order valence-corrected chi connectivity index (χ3v) is 8.04. The Morgan fingerprint density at radius 1 is 1.04 bits per heavy atom. The molecule has 3 unspecified atom stereocenters. The van der Waals surface area contributed by atoms with E-state index in [0.717, 1.165) is 11.3 Å². The van der Waals surface area contributed by atoms with Crippen LogP contribution in [0.5, 0.6) is 0 Å². The predicted octanol–water partition coefficient (Wildman–Crippen LogP) is 1.06. The molecule has 16 heteroatoms. The van der Waals surface area contributed by atoms with Crippen LogP contribution in [-0.2, 0) is 23.9 Å². The lowest BCUT2D eigenvalue weighted by atomic mass is 10.1. The molecule has 1 saturated heterocycles. The monoisotopic (exact) mass is 662 g/mol. The number of hydrogen-bond donors (Lipinski definition) is 8. The van der Waals surface area contributed by atoms with Crippen molar-refractivity contribution in [2.24, 2.45) is 5.73 Å². The zero-order valence-electron chi connectivity index (χ0n) is 25.9. The molecule has 0 bridgehead atoms. The largest absolute Gasteiger partial charge is 0.480 e. The number of nitrogens with two attached hydrogens (primary N) is 1.